The molecule has 64 valence electrons. The van der Waals surface area contributed by atoms with Gasteiger partial charge < -0.3 is 0 Å². The van der Waals surface area contributed by atoms with Crippen LogP contribution < -0.4 is 0 Å². The van der Waals surface area contributed by atoms with Gasteiger partial charge >= 0.3 is 0 Å². The molecule has 1 heterocycles. The Labute approximate surface area is 81.4 Å². The Morgan fingerprint density at radius 2 is 2.17 bits per heavy atom. The van der Waals surface area contributed by atoms with Crippen LogP contribution in [0.4, 0.5) is 0 Å². The zero-order valence-electron chi connectivity index (χ0n) is 7.04. The van der Waals surface area contributed by atoms with Crippen LogP contribution in [0, 0.1) is 13.8 Å². The van der Waals surface area contributed by atoms with Crippen LogP contribution in [0.5, 0.6) is 0 Å². The molecule has 12 heavy (non-hydrogen) atoms. The molecule has 1 rings (SSSR count). The third-order valence-corrected chi connectivity index (χ3v) is 2.32. The summed E-state index contributed by atoms with van der Waals surface area (Å²) < 4.78 is 0. The van der Waals surface area contributed by atoms with Crippen LogP contribution in [0.2, 0.25) is 5.02 Å². The second-order valence-electron chi connectivity index (χ2n) is 2.40. The van der Waals surface area contributed by atoms with Gasteiger partial charge in [0.25, 0.3) is 0 Å². The van der Waals surface area contributed by atoms with Crippen LogP contribution in [0.1, 0.15) is 9.88 Å². The summed E-state index contributed by atoms with van der Waals surface area (Å²) >= 11 is 7.50. The summed E-state index contributed by atoms with van der Waals surface area (Å²) in [5, 5.41) is 1.76. The maximum absolute atomic E-state index is 5.88. The van der Waals surface area contributed by atoms with Gasteiger partial charge in [-0.25, -0.2) is 0 Å². The zero-order valence-corrected chi connectivity index (χ0v) is 8.62. The fraction of sp³-hybridized carbons (Fsp3) is 0.222. The van der Waals surface area contributed by atoms with Crippen LogP contribution in [0.25, 0.3) is 0 Å². The van der Waals surface area contributed by atoms with Crippen molar-refractivity contribution in [3.63, 3.8) is 0 Å². The molecule has 0 atom stereocenters. The average Bonchev–Trinajstić information content (AvgIpc) is 2.01. The average molecular weight is 200 g/mol. The van der Waals surface area contributed by atoms with Gasteiger partial charge in [-0.05, 0) is 32.0 Å². The number of nitrogens with zero attached hydrogens (tertiary/aromatic N) is 1. The van der Waals surface area contributed by atoms with Crippen LogP contribution in [0.15, 0.2) is 24.4 Å². The molecule has 0 aliphatic rings. The summed E-state index contributed by atoms with van der Waals surface area (Å²) in [4.78, 5) is 5.34. The van der Waals surface area contributed by atoms with Gasteiger partial charge in [-0.15, -0.1) is 11.3 Å². The van der Waals surface area contributed by atoms with E-state index in [4.69, 9.17) is 11.6 Å². The Kier molecular flexibility index (Phi) is 3.50. The summed E-state index contributed by atoms with van der Waals surface area (Å²) in [5.74, 6) is 0. The maximum atomic E-state index is 5.88. The summed E-state index contributed by atoms with van der Waals surface area (Å²) in [6, 6.07) is 5.59. The third-order valence-electron chi connectivity index (χ3n) is 1.25. The van der Waals surface area contributed by atoms with Gasteiger partial charge in [0.1, 0.15) is 0 Å². The fourth-order valence-electron chi connectivity index (χ4n) is 0.814. The van der Waals surface area contributed by atoms with Gasteiger partial charge in [0.15, 0.2) is 0 Å². The molecule has 0 fully saturated rings. The standard InChI is InChI=1S/C9H10ClNS/c1-7-6-9(10)4-3-5-11-8(2)12-7/h3-6H,1-2H3. The van der Waals surface area contributed by atoms with E-state index in [0.29, 0.717) is 0 Å². The van der Waals surface area contributed by atoms with Crippen molar-refractivity contribution in [2.75, 3.05) is 0 Å². The van der Waals surface area contributed by atoms with E-state index in [2.05, 4.69) is 4.98 Å². The molecule has 1 aromatic rings. The lowest BCUT2D eigenvalue weighted by Crippen LogP contribution is -1.66. The van der Waals surface area contributed by atoms with Crippen molar-refractivity contribution in [2.45, 2.75) is 13.8 Å². The molecule has 0 amide bonds. The van der Waals surface area contributed by atoms with E-state index in [1.807, 2.05) is 32.0 Å². The molecule has 0 unspecified atom stereocenters. The second kappa shape index (κ2) is 4.43. The van der Waals surface area contributed by atoms with Crippen LogP contribution in [-0.2, 0) is 0 Å². The molecule has 0 saturated heterocycles. The molecular weight excluding hydrogens is 190 g/mol. The monoisotopic (exact) mass is 199 g/mol. The first-order valence-electron chi connectivity index (χ1n) is 3.61. The van der Waals surface area contributed by atoms with Crippen molar-refractivity contribution in [1.82, 2.24) is 4.98 Å². The van der Waals surface area contributed by atoms with Crippen LogP contribution in [0.3, 0.4) is 0 Å². The van der Waals surface area contributed by atoms with Crippen LogP contribution >= 0.6 is 22.9 Å². The van der Waals surface area contributed by atoms with E-state index in [0.717, 1.165) is 14.9 Å². The zero-order chi connectivity index (χ0) is 8.97. The van der Waals surface area contributed by atoms with E-state index in [1.54, 1.807) is 17.5 Å². The SMILES string of the molecule is Cc1cc(Cl)cccnc(C)s1. The minimum Gasteiger partial charge on any atom is -0.251 e. The highest BCUT2D eigenvalue weighted by Crippen LogP contribution is 2.11. The van der Waals surface area contributed by atoms with E-state index in [-0.39, 0.29) is 0 Å². The van der Waals surface area contributed by atoms with Crippen molar-refractivity contribution in [3.8, 4) is 0 Å². The van der Waals surface area contributed by atoms with Crippen molar-refractivity contribution in [2.24, 2.45) is 0 Å². The molecule has 3 heteroatoms. The number of hydrogen-bond donors (Lipinski definition) is 0. The minimum atomic E-state index is 0.737. The Bertz CT molecular complexity index is 288. The molecular formula is C9H10ClNS. The molecule has 0 N–H and O–H groups in total. The first kappa shape index (κ1) is 9.49. The molecule has 0 spiro atoms. The van der Waals surface area contributed by atoms with E-state index < -0.39 is 0 Å². The number of rotatable bonds is 0. The Morgan fingerprint density at radius 3 is 2.92 bits per heavy atom. The molecule has 0 aromatic carbocycles. The number of aromatic nitrogens is 1. The fourth-order valence-corrected chi connectivity index (χ4v) is 1.88. The molecule has 0 aliphatic heterocycles. The van der Waals surface area contributed by atoms with Crippen molar-refractivity contribution >= 4 is 22.9 Å². The molecule has 1 nitrogen and oxygen atoms in total. The van der Waals surface area contributed by atoms with Gasteiger partial charge in [-0.3, -0.25) is 4.98 Å². The van der Waals surface area contributed by atoms with Gasteiger partial charge in [0.05, 0.1) is 5.01 Å². The lowest BCUT2D eigenvalue weighted by atomic mass is 10.4. The predicted molar refractivity (Wildman–Crippen MR) is 54.2 cm³/mol. The number of hydrogen-bond acceptors (Lipinski definition) is 2. The first-order chi connectivity index (χ1) is 5.68. The predicted octanol–water partition coefficient (Wildman–Crippen LogP) is 3.54. The normalized spacial score (nSPS) is 9.25. The third kappa shape index (κ3) is 3.20. The van der Waals surface area contributed by atoms with Crippen LogP contribution in [-0.4, -0.2) is 4.98 Å². The summed E-state index contributed by atoms with van der Waals surface area (Å²) in [6.45, 7) is 4.00. The molecule has 0 bridgehead atoms. The second-order valence-corrected chi connectivity index (χ2v) is 4.27. The van der Waals surface area contributed by atoms with Gasteiger partial charge in [-0.1, -0.05) is 11.6 Å². The number of aryl methyl sites for hydroxylation is 2. The number of halogens is 1. The summed E-state index contributed by atoms with van der Waals surface area (Å²) in [6.07, 6.45) is 1.75. The lowest BCUT2D eigenvalue weighted by molar-refractivity contribution is 1.28. The lowest BCUT2D eigenvalue weighted by Gasteiger charge is -1.85. The highest BCUT2D eigenvalue weighted by Gasteiger charge is 1.85. The Hall–Kier alpha value is -0.600. The molecule has 0 aliphatic carbocycles. The summed E-state index contributed by atoms with van der Waals surface area (Å²) in [7, 11) is 0. The molecule has 0 saturated carbocycles. The Balaban J connectivity index is 3.35. The van der Waals surface area contributed by atoms with Gasteiger partial charge in [0.2, 0.25) is 0 Å². The van der Waals surface area contributed by atoms with Crippen molar-refractivity contribution in [1.29, 1.82) is 0 Å². The highest BCUT2D eigenvalue weighted by molar-refractivity contribution is 7.11. The van der Waals surface area contributed by atoms with E-state index >= 15 is 0 Å². The first-order valence-corrected chi connectivity index (χ1v) is 4.81. The van der Waals surface area contributed by atoms with Gasteiger partial charge in [-0.2, -0.15) is 0 Å². The van der Waals surface area contributed by atoms with Crippen molar-refractivity contribution < 1.29 is 0 Å². The van der Waals surface area contributed by atoms with Crippen molar-refractivity contribution in [3.05, 3.63) is 39.3 Å². The van der Waals surface area contributed by atoms with Gasteiger partial charge in [0, 0.05) is 16.1 Å². The van der Waals surface area contributed by atoms with E-state index in [9.17, 15) is 0 Å². The molecule has 0 radical (unpaired) electrons. The smallest absolute Gasteiger partial charge is 0.0895 e. The highest BCUT2D eigenvalue weighted by atomic mass is 35.5. The molecule has 1 aromatic heterocycles. The maximum Gasteiger partial charge on any atom is 0.0895 e. The largest absolute Gasteiger partial charge is 0.251 e. The topological polar surface area (TPSA) is 12.9 Å². The Morgan fingerprint density at radius 1 is 1.42 bits per heavy atom. The minimum absolute atomic E-state index is 0.737. The van der Waals surface area contributed by atoms with E-state index in [1.165, 1.54) is 0 Å². The quantitative estimate of drug-likeness (QED) is 0.623. The summed E-state index contributed by atoms with van der Waals surface area (Å²) in [5.41, 5.74) is 0.